The molecule has 113 heavy (non-hydrogen) atoms. The minimum absolute atomic E-state index is 0.616. The second-order valence-electron chi connectivity index (χ2n) is 28.4. The highest BCUT2D eigenvalue weighted by Gasteiger charge is 2.42. The van der Waals surface area contributed by atoms with Gasteiger partial charge in [-0.2, -0.15) is 0 Å². The van der Waals surface area contributed by atoms with Gasteiger partial charge in [0, 0.05) is 92.5 Å². The molecule has 0 aliphatic carbocycles. The third kappa shape index (κ3) is 11.7. The Morgan fingerprint density at radius 3 is 1.04 bits per heavy atom. The molecule has 530 valence electrons. The van der Waals surface area contributed by atoms with Crippen LogP contribution in [0.25, 0.3) is 177 Å². The van der Waals surface area contributed by atoms with Gasteiger partial charge < -0.3 is 13.6 Å². The van der Waals surface area contributed by atoms with E-state index in [0.717, 1.165) is 83.1 Å². The number of fused-ring (bicyclic) bond motifs is 14. The number of rotatable bonds is 13. The highest BCUT2D eigenvalue weighted by Crippen LogP contribution is 2.45. The Balaban J connectivity index is 0.000000146. The van der Waals surface area contributed by atoms with Gasteiger partial charge in [-0.05, 0) is 117 Å². The van der Waals surface area contributed by atoms with Gasteiger partial charge in [-0.1, -0.05) is 315 Å². The van der Waals surface area contributed by atoms with Crippen molar-refractivity contribution in [1.29, 1.82) is 0 Å². The number of nitrogens with zero attached hydrogens (tertiary/aromatic N) is 8. The molecule has 0 atom stereocenters. The lowest BCUT2D eigenvalue weighted by Crippen LogP contribution is -2.74. The molecule has 9 nitrogen and oxygen atoms in total. The summed E-state index contributed by atoms with van der Waals surface area (Å²) in [6.45, 7) is 0. The van der Waals surface area contributed by atoms with E-state index in [4.69, 9.17) is 34.3 Å². The highest BCUT2D eigenvalue weighted by atomic mass is 32.1. The van der Waals surface area contributed by atoms with Crippen molar-refractivity contribution in [3.05, 3.63) is 400 Å². The first kappa shape index (κ1) is 66.6. The number of thiophene rings is 1. The van der Waals surface area contributed by atoms with Crippen LogP contribution in [0.5, 0.6) is 0 Å². The molecule has 0 saturated heterocycles. The van der Waals surface area contributed by atoms with Crippen molar-refractivity contribution in [3.63, 3.8) is 0 Å². The molecular weight excluding hydrogens is 1410 g/mol. The van der Waals surface area contributed by atoms with Crippen LogP contribution < -0.4 is 20.7 Å². The molecule has 0 N–H and O–H groups in total. The zero-order chi connectivity index (χ0) is 74.8. The van der Waals surface area contributed by atoms with Crippen LogP contribution in [0, 0.1) is 0 Å². The summed E-state index contributed by atoms with van der Waals surface area (Å²) in [5, 5.41) is 14.9. The van der Waals surface area contributed by atoms with E-state index in [9.17, 15) is 0 Å². The molecule has 0 fully saturated rings. The molecule has 11 heteroatoms. The molecule has 0 spiro atoms. The van der Waals surface area contributed by atoms with Crippen molar-refractivity contribution in [2.45, 2.75) is 0 Å². The largest absolute Gasteiger partial charge is 0.454 e. The summed E-state index contributed by atoms with van der Waals surface area (Å²) < 4.78 is 14.2. The first-order valence-corrected chi connectivity index (χ1v) is 40.8. The monoisotopic (exact) mass is 1480 g/mol. The van der Waals surface area contributed by atoms with Crippen molar-refractivity contribution in [2.24, 2.45) is 0 Å². The van der Waals surface area contributed by atoms with Gasteiger partial charge in [0.25, 0.3) is 0 Å². The summed E-state index contributed by atoms with van der Waals surface area (Å²) in [6.07, 6.45) is 0. The Labute approximate surface area is 656 Å². The molecule has 0 radical (unpaired) electrons. The number of para-hydroxylation sites is 1. The molecule has 6 heterocycles. The third-order valence-corrected chi connectivity index (χ3v) is 27.8. The maximum Gasteiger partial charge on any atom is 0.179 e. The summed E-state index contributed by atoms with van der Waals surface area (Å²) in [5.41, 5.74) is 16.4. The van der Waals surface area contributed by atoms with Gasteiger partial charge >= 0.3 is 0 Å². The lowest BCUT2D eigenvalue weighted by atomic mass is 10.0. The summed E-state index contributed by atoms with van der Waals surface area (Å²) in [6, 6.07) is 142. The molecule has 0 amide bonds. The Kier molecular flexibility index (Phi) is 16.6. The van der Waals surface area contributed by atoms with Crippen molar-refractivity contribution in [3.8, 4) is 90.8 Å². The van der Waals surface area contributed by atoms with E-state index in [1.807, 2.05) is 139 Å². The van der Waals surface area contributed by atoms with E-state index >= 15 is 0 Å². The molecule has 6 aromatic heterocycles. The third-order valence-electron chi connectivity index (χ3n) is 21.9. The summed E-state index contributed by atoms with van der Waals surface area (Å²) in [4.78, 5) is 29.8. The van der Waals surface area contributed by atoms with Crippen LogP contribution in [0.1, 0.15) is 0 Å². The van der Waals surface area contributed by atoms with E-state index in [-0.39, 0.29) is 0 Å². The average Bonchev–Trinajstić information content (AvgIpc) is 1.61. The predicted molar refractivity (Wildman–Crippen MR) is 470 cm³/mol. The van der Waals surface area contributed by atoms with Gasteiger partial charge in [0.1, 0.15) is 5.58 Å². The molecule has 0 aliphatic rings. The lowest BCUT2D eigenvalue weighted by Gasteiger charge is -2.34. The zero-order valence-electron chi connectivity index (χ0n) is 61.0. The molecular formula is C102H66N8OSSi. The topological polar surface area (TPSA) is 100 Å². The van der Waals surface area contributed by atoms with E-state index in [2.05, 4.69) is 282 Å². The average molecular weight is 1480 g/mol. The molecule has 0 saturated carbocycles. The molecule has 0 aliphatic heterocycles. The highest BCUT2D eigenvalue weighted by molar-refractivity contribution is 7.26. The van der Waals surface area contributed by atoms with Crippen LogP contribution in [-0.2, 0) is 0 Å². The van der Waals surface area contributed by atoms with Gasteiger partial charge in [-0.25, -0.2) is 29.9 Å². The second kappa shape index (κ2) is 28.1. The molecule has 22 rings (SSSR count). The maximum absolute atomic E-state index is 6.83. The SMILES string of the molecule is c1ccc(-c2ccc3c(c2)c2ccc4c5ccccc5sc4c2n3-c2ccc(-c3nc(-c4ccccc4)nc(-c4ccccc4)n3)cc2)cc1.c1ccc(-c2nc(-c3ccccc3)nc(-c3ccc(-n4c5ccc([Si](c6ccccc6)(c6ccccc6)c6ccccc6)cc5c5ccc6c7ccccc7oc6c54)cc3)n2)cc1. The van der Waals surface area contributed by atoms with Crippen LogP contribution >= 0.6 is 11.3 Å². The number of hydrogen-bond donors (Lipinski definition) is 0. The maximum atomic E-state index is 6.83. The van der Waals surface area contributed by atoms with Gasteiger partial charge in [0.15, 0.2) is 48.6 Å². The summed E-state index contributed by atoms with van der Waals surface area (Å²) >= 11 is 1.87. The molecule has 22 aromatic rings. The Hall–Kier alpha value is -14.6. The number of benzene rings is 16. The lowest BCUT2D eigenvalue weighted by molar-refractivity contribution is 0.671. The Morgan fingerprint density at radius 2 is 0.575 bits per heavy atom. The fourth-order valence-corrected chi connectivity index (χ4v) is 22.6. The molecule has 0 bridgehead atoms. The number of aromatic nitrogens is 8. The second-order valence-corrected chi connectivity index (χ2v) is 33.3. The minimum atomic E-state index is -2.81. The number of furan rings is 1. The first-order chi connectivity index (χ1) is 56.0. The van der Waals surface area contributed by atoms with Gasteiger partial charge in [0.05, 0.1) is 26.8 Å². The van der Waals surface area contributed by atoms with E-state index in [1.54, 1.807) is 0 Å². The van der Waals surface area contributed by atoms with Crippen LogP contribution in [0.15, 0.2) is 405 Å². The fraction of sp³-hybridized carbons (Fsp3) is 0. The zero-order valence-corrected chi connectivity index (χ0v) is 62.8. The smallest absolute Gasteiger partial charge is 0.179 e. The first-order valence-electron chi connectivity index (χ1n) is 38.0. The predicted octanol–water partition coefficient (Wildman–Crippen LogP) is 23.3. The van der Waals surface area contributed by atoms with Gasteiger partial charge in [-0.3, -0.25) is 0 Å². The van der Waals surface area contributed by atoms with Crippen molar-refractivity contribution in [2.75, 3.05) is 0 Å². The normalized spacial score (nSPS) is 11.7. The summed E-state index contributed by atoms with van der Waals surface area (Å²) in [7, 11) is -2.81. The van der Waals surface area contributed by atoms with Gasteiger partial charge in [-0.15, -0.1) is 11.3 Å². The quantitative estimate of drug-likeness (QED) is 0.0837. The molecule has 16 aromatic carbocycles. The van der Waals surface area contributed by atoms with Crippen molar-refractivity contribution >= 4 is 126 Å². The molecule has 0 unspecified atom stereocenters. The summed E-state index contributed by atoms with van der Waals surface area (Å²) in [5.74, 6) is 3.84. The van der Waals surface area contributed by atoms with E-state index in [1.165, 1.54) is 79.2 Å². The van der Waals surface area contributed by atoms with Crippen molar-refractivity contribution in [1.82, 2.24) is 39.0 Å². The Bertz CT molecular complexity index is 7100. The Morgan fingerprint density at radius 1 is 0.230 bits per heavy atom. The fourth-order valence-electron chi connectivity index (χ4n) is 16.6. The van der Waals surface area contributed by atoms with Crippen LogP contribution in [0.4, 0.5) is 0 Å². The van der Waals surface area contributed by atoms with E-state index < -0.39 is 8.07 Å². The van der Waals surface area contributed by atoms with Crippen LogP contribution in [0.3, 0.4) is 0 Å². The van der Waals surface area contributed by atoms with Crippen LogP contribution in [0.2, 0.25) is 0 Å². The van der Waals surface area contributed by atoms with Gasteiger partial charge in [0.2, 0.25) is 0 Å². The van der Waals surface area contributed by atoms with Crippen LogP contribution in [-0.4, -0.2) is 47.1 Å². The van der Waals surface area contributed by atoms with Crippen molar-refractivity contribution < 1.29 is 4.42 Å². The number of hydrogen-bond acceptors (Lipinski definition) is 8. The van der Waals surface area contributed by atoms with E-state index in [0.29, 0.717) is 34.9 Å². The minimum Gasteiger partial charge on any atom is -0.454 e. The standard InChI is InChI=1S/C57H38N4OSi.C45H28N4S/c1-6-18-39(19-7-1)55-58-56(40-20-8-2-9-21-40)60-57(59-55)41-30-32-42(33-31-41)61-51-37-34-46(38-50(51)48-35-36-49-47-28-16-17-29-52(47)62-54(49)53(48)61)63(43-22-10-3-11-23-43,44-24-12-4-13-25-44)45-26-14-5-15-27-45;1-4-12-29(13-5-1)33-22-27-39-38(28-33)36-25-26-37-35-18-10-11-19-40(35)50-42(37)41(36)49(39)34-23-20-32(21-24-34)45-47-43(30-14-6-2-7-15-30)46-44(48-45)31-16-8-3-9-17-31/h1-38H;1-28H.